The van der Waals surface area contributed by atoms with Gasteiger partial charge in [-0.15, -0.1) is 6.42 Å². The van der Waals surface area contributed by atoms with Crippen molar-refractivity contribution in [3.05, 3.63) is 65.5 Å². The van der Waals surface area contributed by atoms with Crippen LogP contribution in [-0.4, -0.2) is 40.9 Å². The van der Waals surface area contributed by atoms with E-state index >= 15 is 0 Å². The zero-order valence-electron chi connectivity index (χ0n) is 19.0. The Bertz CT molecular complexity index is 1420. The van der Waals surface area contributed by atoms with Crippen LogP contribution in [0.3, 0.4) is 0 Å². The fraction of sp³-hybridized carbons (Fsp3) is 0.167. The molecule has 178 valence electrons. The average molecular weight is 491 g/mol. The van der Waals surface area contributed by atoms with Crippen molar-refractivity contribution in [3.63, 3.8) is 0 Å². The van der Waals surface area contributed by atoms with Crippen LogP contribution in [0.4, 0.5) is 5.82 Å². The molecule has 0 saturated heterocycles. The van der Waals surface area contributed by atoms with Crippen LogP contribution in [0, 0.1) is 12.3 Å². The van der Waals surface area contributed by atoms with E-state index < -0.39 is 5.91 Å². The first-order valence-corrected chi connectivity index (χ1v) is 11.3. The highest BCUT2D eigenvalue weighted by atomic mass is 32.2. The summed E-state index contributed by atoms with van der Waals surface area (Å²) in [5, 5.41) is 14.4. The number of rotatable bonds is 9. The highest BCUT2D eigenvalue weighted by Crippen LogP contribution is 2.36. The van der Waals surface area contributed by atoms with Crippen LogP contribution in [0.2, 0.25) is 0 Å². The number of fused-ring (bicyclic) bond motifs is 1. The molecule has 11 heteroatoms. The van der Waals surface area contributed by atoms with Crippen LogP contribution in [0.5, 0.6) is 5.75 Å². The molecule has 0 unspecified atom stereocenters. The van der Waals surface area contributed by atoms with Gasteiger partial charge in [-0.25, -0.2) is 0 Å². The van der Waals surface area contributed by atoms with E-state index in [1.807, 2.05) is 36.4 Å². The molecule has 2 amide bonds. The van der Waals surface area contributed by atoms with Gasteiger partial charge in [-0.1, -0.05) is 17.3 Å². The molecule has 0 fully saturated rings. The van der Waals surface area contributed by atoms with E-state index in [2.05, 4.69) is 25.6 Å². The Kier molecular flexibility index (Phi) is 7.23. The number of amides is 2. The molecular formula is C24H22N6O4S. The molecular weight excluding hydrogens is 468 g/mol. The lowest BCUT2D eigenvalue weighted by Gasteiger charge is -2.09. The monoisotopic (exact) mass is 490 g/mol. The number of ether oxygens (including phenoxy) is 1. The van der Waals surface area contributed by atoms with Gasteiger partial charge in [0.25, 0.3) is 11.8 Å². The Labute approximate surface area is 205 Å². The average Bonchev–Trinajstić information content (AvgIpc) is 3.51. The van der Waals surface area contributed by atoms with Crippen LogP contribution in [-0.2, 0) is 17.9 Å². The molecule has 3 N–H and O–H groups in total. The van der Waals surface area contributed by atoms with Crippen molar-refractivity contribution in [3.8, 4) is 18.1 Å². The fourth-order valence-electron chi connectivity index (χ4n) is 3.40. The Morgan fingerprint density at radius 1 is 1.26 bits per heavy atom. The largest absolute Gasteiger partial charge is 0.496 e. The predicted molar refractivity (Wildman–Crippen MR) is 132 cm³/mol. The number of aromatic nitrogens is 3. The number of anilines is 1. The molecule has 0 aliphatic carbocycles. The van der Waals surface area contributed by atoms with Crippen molar-refractivity contribution in [2.45, 2.75) is 18.0 Å². The smallest absolute Gasteiger partial charge is 0.295 e. The highest BCUT2D eigenvalue weighted by molar-refractivity contribution is 8.00. The number of carbonyl (C=O) groups excluding carboxylic acids is 2. The van der Waals surface area contributed by atoms with E-state index in [0.29, 0.717) is 41.2 Å². The Morgan fingerprint density at radius 2 is 2.09 bits per heavy atom. The van der Waals surface area contributed by atoms with Gasteiger partial charge in [0.2, 0.25) is 0 Å². The van der Waals surface area contributed by atoms with E-state index in [0.717, 1.165) is 16.0 Å². The first-order valence-electron chi connectivity index (χ1n) is 10.5. The summed E-state index contributed by atoms with van der Waals surface area (Å²) in [4.78, 5) is 24.1. The van der Waals surface area contributed by atoms with Gasteiger partial charge in [0.1, 0.15) is 11.1 Å². The lowest BCUT2D eigenvalue weighted by molar-refractivity contribution is -0.115. The maximum Gasteiger partial charge on any atom is 0.295 e. The van der Waals surface area contributed by atoms with E-state index in [1.54, 1.807) is 37.2 Å². The van der Waals surface area contributed by atoms with Gasteiger partial charge in [0.15, 0.2) is 11.4 Å². The summed E-state index contributed by atoms with van der Waals surface area (Å²) < 4.78 is 16.1. The number of hydrogen-bond acceptors (Lipinski definition) is 8. The third-order valence-electron chi connectivity index (χ3n) is 5.05. The maximum atomic E-state index is 12.1. The van der Waals surface area contributed by atoms with Gasteiger partial charge < -0.3 is 24.6 Å². The third-order valence-corrected chi connectivity index (χ3v) is 5.92. The number of benzene rings is 2. The zero-order valence-corrected chi connectivity index (χ0v) is 19.8. The van der Waals surface area contributed by atoms with Crippen LogP contribution in [0.25, 0.3) is 11.0 Å². The second kappa shape index (κ2) is 10.7. The summed E-state index contributed by atoms with van der Waals surface area (Å²) in [7, 11) is 3.16. The minimum Gasteiger partial charge on any atom is -0.496 e. The Hall–Kier alpha value is -4.43. The summed E-state index contributed by atoms with van der Waals surface area (Å²) in [6.45, 7) is 0.746. The molecule has 0 atom stereocenters. The van der Waals surface area contributed by atoms with Gasteiger partial charge in [-0.3, -0.25) is 14.3 Å². The number of nitrogens with zero attached hydrogens (tertiary/aromatic N) is 3. The molecule has 2 aromatic heterocycles. The fourth-order valence-corrected chi connectivity index (χ4v) is 4.16. The summed E-state index contributed by atoms with van der Waals surface area (Å²) in [5.41, 5.74) is 2.79. The maximum absolute atomic E-state index is 12.1. The van der Waals surface area contributed by atoms with Gasteiger partial charge in [-0.05, 0) is 47.7 Å². The SMILES string of the molecule is C#CC(=O)NCc1cnn(Cc2cc(OC)c3c(NSc4ccccc4C(=O)NC)noc3c2)c1. The molecule has 35 heavy (non-hydrogen) atoms. The molecule has 0 radical (unpaired) electrons. The number of hydrogen-bond donors (Lipinski definition) is 3. The van der Waals surface area contributed by atoms with Gasteiger partial charge in [0.05, 0.1) is 25.4 Å². The van der Waals surface area contributed by atoms with Gasteiger partial charge >= 0.3 is 0 Å². The normalized spacial score (nSPS) is 10.5. The summed E-state index contributed by atoms with van der Waals surface area (Å²) in [5.74, 6) is 2.41. The molecule has 2 aromatic carbocycles. The minimum absolute atomic E-state index is 0.178. The first kappa shape index (κ1) is 23.7. The highest BCUT2D eigenvalue weighted by Gasteiger charge is 2.17. The quantitative estimate of drug-likeness (QED) is 0.242. The molecule has 10 nitrogen and oxygen atoms in total. The second-order valence-electron chi connectivity index (χ2n) is 7.35. The van der Waals surface area contributed by atoms with Crippen LogP contribution >= 0.6 is 11.9 Å². The van der Waals surface area contributed by atoms with Crippen molar-refractivity contribution < 1.29 is 18.8 Å². The zero-order chi connectivity index (χ0) is 24.8. The topological polar surface area (TPSA) is 123 Å². The van der Waals surface area contributed by atoms with Crippen molar-refractivity contribution in [1.29, 1.82) is 0 Å². The lowest BCUT2D eigenvalue weighted by atomic mass is 10.1. The number of methoxy groups -OCH3 is 1. The van der Waals surface area contributed by atoms with E-state index in [1.165, 1.54) is 11.9 Å². The molecule has 0 aliphatic rings. The Balaban J connectivity index is 1.52. The number of carbonyl (C=O) groups is 2. The van der Waals surface area contributed by atoms with Gasteiger partial charge in [0, 0.05) is 30.2 Å². The van der Waals surface area contributed by atoms with Crippen molar-refractivity contribution in [2.75, 3.05) is 18.9 Å². The van der Waals surface area contributed by atoms with Gasteiger partial charge in [-0.2, -0.15) is 5.10 Å². The van der Waals surface area contributed by atoms with E-state index in [9.17, 15) is 9.59 Å². The van der Waals surface area contributed by atoms with Crippen LogP contribution in [0.1, 0.15) is 21.5 Å². The van der Waals surface area contributed by atoms with Crippen molar-refractivity contribution in [1.82, 2.24) is 25.6 Å². The first-order chi connectivity index (χ1) is 17.0. The van der Waals surface area contributed by atoms with Crippen LogP contribution in [0.15, 0.2) is 58.2 Å². The van der Waals surface area contributed by atoms with E-state index in [4.69, 9.17) is 15.7 Å². The molecule has 0 bridgehead atoms. The van der Waals surface area contributed by atoms with Crippen molar-refractivity contribution in [2.24, 2.45) is 0 Å². The molecule has 0 spiro atoms. The predicted octanol–water partition coefficient (Wildman–Crippen LogP) is 2.81. The summed E-state index contributed by atoms with van der Waals surface area (Å²) >= 11 is 1.26. The second-order valence-corrected chi connectivity index (χ2v) is 8.20. The molecule has 0 aliphatic heterocycles. The molecule has 4 aromatic rings. The standard InChI is InChI=1S/C24H22N6O4S/c1-4-21(31)26-11-16-12-27-30(14-16)13-15-9-18(33-3)22-19(10-15)34-28-23(22)29-35-20-8-6-5-7-17(20)24(32)25-2/h1,5-10,12,14H,11,13H2,2-3H3,(H,25,32)(H,26,31)(H,28,29). The van der Waals surface area contributed by atoms with E-state index in [-0.39, 0.29) is 5.91 Å². The lowest BCUT2D eigenvalue weighted by Crippen LogP contribution is -2.20. The molecule has 4 rings (SSSR count). The van der Waals surface area contributed by atoms with Crippen molar-refractivity contribution >= 4 is 40.5 Å². The summed E-state index contributed by atoms with van der Waals surface area (Å²) in [6.07, 6.45) is 8.54. The molecule has 2 heterocycles. The van der Waals surface area contributed by atoms with Crippen LogP contribution < -0.4 is 20.1 Å². The number of terminal acetylenes is 1. The Morgan fingerprint density at radius 3 is 2.86 bits per heavy atom. The third kappa shape index (κ3) is 5.39. The minimum atomic E-state index is -0.474. The number of nitrogens with one attached hydrogen (secondary N) is 3. The molecule has 0 saturated carbocycles. The summed E-state index contributed by atoms with van der Waals surface area (Å²) in [6, 6.07) is 11.0.